The van der Waals surface area contributed by atoms with E-state index in [9.17, 15) is 14.4 Å². The summed E-state index contributed by atoms with van der Waals surface area (Å²) in [5.74, 6) is -1.01. The fourth-order valence-corrected chi connectivity index (χ4v) is 2.68. The molecule has 0 saturated heterocycles. The maximum absolute atomic E-state index is 12.0. The Labute approximate surface area is 136 Å². The highest BCUT2D eigenvalue weighted by atomic mass is 79.9. The van der Waals surface area contributed by atoms with Crippen LogP contribution in [0.5, 0.6) is 0 Å². The van der Waals surface area contributed by atoms with Crippen molar-refractivity contribution in [3.63, 3.8) is 0 Å². The molecule has 0 aromatic heterocycles. The molecule has 116 valence electrons. The number of rotatable bonds is 1. The second-order valence-corrected chi connectivity index (χ2v) is 5.61. The lowest BCUT2D eigenvalue weighted by atomic mass is 10.1. The number of carbonyl (C=O) groups excluding carboxylic acids is 3. The Morgan fingerprint density at radius 1 is 1.14 bits per heavy atom. The summed E-state index contributed by atoms with van der Waals surface area (Å²) >= 11 is 3.42. The van der Waals surface area contributed by atoms with Crippen LogP contribution < -0.4 is 5.32 Å². The fourth-order valence-electron chi connectivity index (χ4n) is 2.19. The Morgan fingerprint density at radius 2 is 1.77 bits per heavy atom. The number of halogens is 1. The summed E-state index contributed by atoms with van der Waals surface area (Å²) in [6.45, 7) is 4.01. The molecule has 0 unspecified atom stereocenters. The number of benzene rings is 1. The first kappa shape index (κ1) is 16.2. The number of carbonyl (C=O) groups is 3. The first-order valence-corrected chi connectivity index (χ1v) is 7.32. The molecule has 0 aliphatic carbocycles. The normalized spacial score (nSPS) is 17.3. The second kappa shape index (κ2) is 6.27. The van der Waals surface area contributed by atoms with Crippen LogP contribution in [0.4, 0.5) is 0 Å². The molecule has 2 rings (SSSR count). The molecule has 1 atom stereocenters. The van der Waals surface area contributed by atoms with Gasteiger partial charge in [0.15, 0.2) is 6.17 Å². The van der Waals surface area contributed by atoms with E-state index < -0.39 is 6.17 Å². The Hall–Kier alpha value is -2.22. The van der Waals surface area contributed by atoms with Gasteiger partial charge in [0.1, 0.15) is 0 Å². The average molecular weight is 367 g/mol. The van der Waals surface area contributed by atoms with Crippen molar-refractivity contribution in [3.05, 3.63) is 34.3 Å². The van der Waals surface area contributed by atoms with Gasteiger partial charge in [0.2, 0.25) is 23.7 Å². The van der Waals surface area contributed by atoms with Crippen LogP contribution in [-0.4, -0.2) is 33.6 Å². The third-order valence-electron chi connectivity index (χ3n) is 3.04. The first-order valence-electron chi connectivity index (χ1n) is 6.53. The molecule has 8 heteroatoms. The van der Waals surface area contributed by atoms with E-state index in [1.807, 2.05) is 12.1 Å². The molecular weight excluding hydrogens is 352 g/mol. The summed E-state index contributed by atoms with van der Waals surface area (Å²) in [5.41, 5.74) is 0.692. The van der Waals surface area contributed by atoms with Crippen LogP contribution in [-0.2, 0) is 14.4 Å². The van der Waals surface area contributed by atoms with Crippen LogP contribution >= 0.6 is 15.9 Å². The Kier molecular flexibility index (Phi) is 4.60. The van der Waals surface area contributed by atoms with Gasteiger partial charge >= 0.3 is 0 Å². The molecule has 0 radical (unpaired) electrons. The molecule has 0 spiro atoms. The van der Waals surface area contributed by atoms with E-state index in [-0.39, 0.29) is 23.7 Å². The van der Waals surface area contributed by atoms with Gasteiger partial charge in [-0.3, -0.25) is 24.6 Å². The molecule has 7 nitrogen and oxygen atoms in total. The first-order chi connectivity index (χ1) is 10.3. The second-order valence-electron chi connectivity index (χ2n) is 4.75. The number of nitrogens with one attached hydrogen (secondary N) is 1. The topological polar surface area (TPSA) is 82.1 Å². The van der Waals surface area contributed by atoms with Gasteiger partial charge in [-0.05, 0) is 6.07 Å². The molecule has 3 amide bonds. The Morgan fingerprint density at radius 3 is 2.27 bits per heavy atom. The third-order valence-corrected chi connectivity index (χ3v) is 3.76. The van der Waals surface area contributed by atoms with Crippen LogP contribution in [0, 0.1) is 0 Å². The summed E-state index contributed by atoms with van der Waals surface area (Å²) in [7, 11) is 0. The summed E-state index contributed by atoms with van der Waals surface area (Å²) in [5, 5.41) is 7.74. The quantitative estimate of drug-likeness (QED) is 0.818. The molecule has 1 aromatic rings. The van der Waals surface area contributed by atoms with Gasteiger partial charge in [-0.1, -0.05) is 34.1 Å². The summed E-state index contributed by atoms with van der Waals surface area (Å²) in [6, 6.07) is 7.22. The van der Waals surface area contributed by atoms with Gasteiger partial charge in [-0.15, -0.1) is 5.10 Å². The zero-order valence-electron chi connectivity index (χ0n) is 12.3. The molecule has 1 aromatic carbocycles. The van der Waals surface area contributed by atoms with Crippen LogP contribution in [0.3, 0.4) is 0 Å². The maximum Gasteiger partial charge on any atom is 0.241 e. The van der Waals surface area contributed by atoms with E-state index in [2.05, 4.69) is 26.3 Å². The summed E-state index contributed by atoms with van der Waals surface area (Å²) in [4.78, 5) is 36.5. The predicted octanol–water partition coefficient (Wildman–Crippen LogP) is 1.57. The number of hydrogen-bond acceptors (Lipinski definition) is 4. The van der Waals surface area contributed by atoms with E-state index in [0.29, 0.717) is 5.56 Å². The highest BCUT2D eigenvalue weighted by Crippen LogP contribution is 2.34. The molecule has 1 heterocycles. The summed E-state index contributed by atoms with van der Waals surface area (Å²) in [6.07, 6.45) is -0.743. The molecule has 22 heavy (non-hydrogen) atoms. The predicted molar refractivity (Wildman–Crippen MR) is 83.2 cm³/mol. The zero-order chi connectivity index (χ0) is 16.4. The number of hydrogen-bond donors (Lipinski definition) is 1. The number of hydrazone groups is 1. The summed E-state index contributed by atoms with van der Waals surface area (Å²) < 4.78 is 0.733. The number of guanidine groups is 1. The van der Waals surface area contributed by atoms with Crippen molar-refractivity contribution in [1.82, 2.24) is 15.2 Å². The van der Waals surface area contributed by atoms with Gasteiger partial charge in [0.05, 0.1) is 0 Å². The highest BCUT2D eigenvalue weighted by molar-refractivity contribution is 9.10. The molecule has 1 N–H and O–H groups in total. The fraction of sp³-hybridized carbons (Fsp3) is 0.286. The smallest absolute Gasteiger partial charge is 0.241 e. The molecule has 1 aliphatic rings. The average Bonchev–Trinajstić information content (AvgIpc) is 2.77. The number of nitrogens with zero attached hydrogens (tertiary/aromatic N) is 3. The molecular formula is C14H15BrN4O3. The Balaban J connectivity index is 2.54. The van der Waals surface area contributed by atoms with Gasteiger partial charge in [0, 0.05) is 30.8 Å². The Bertz CT molecular complexity index is 674. The lowest BCUT2D eigenvalue weighted by molar-refractivity contribution is -0.136. The molecule has 0 saturated carbocycles. The molecule has 0 bridgehead atoms. The standard InChI is InChI=1S/C14H15BrN4O3/c1-8(20)16-14-17-19(10(3)22)13(18(14)9(2)21)11-6-4-5-7-12(11)15/h4-7,13H,1-3H3,(H,16,17,20)/t13-/m1/s1. The van der Waals surface area contributed by atoms with Gasteiger partial charge in [0.25, 0.3) is 0 Å². The van der Waals surface area contributed by atoms with Crippen LogP contribution in [0.1, 0.15) is 32.5 Å². The maximum atomic E-state index is 12.0. The monoisotopic (exact) mass is 366 g/mol. The van der Waals surface area contributed by atoms with E-state index in [0.717, 1.165) is 4.47 Å². The van der Waals surface area contributed by atoms with Gasteiger partial charge < -0.3 is 0 Å². The van der Waals surface area contributed by atoms with Crippen molar-refractivity contribution >= 4 is 39.6 Å². The van der Waals surface area contributed by atoms with Crippen molar-refractivity contribution in [2.75, 3.05) is 0 Å². The van der Waals surface area contributed by atoms with Crippen LogP contribution in [0.2, 0.25) is 0 Å². The zero-order valence-corrected chi connectivity index (χ0v) is 13.9. The molecule has 1 aliphatic heterocycles. The lowest BCUT2D eigenvalue weighted by Gasteiger charge is -2.28. The SMILES string of the molecule is CC(=O)NC1=NN(C(C)=O)[C@H](c2ccccc2Br)N1C(C)=O. The van der Waals surface area contributed by atoms with Crippen molar-refractivity contribution < 1.29 is 14.4 Å². The molecule has 0 fully saturated rings. The van der Waals surface area contributed by atoms with Crippen LogP contribution in [0.25, 0.3) is 0 Å². The van der Waals surface area contributed by atoms with Crippen LogP contribution in [0.15, 0.2) is 33.8 Å². The van der Waals surface area contributed by atoms with Crippen molar-refractivity contribution in [1.29, 1.82) is 0 Å². The van der Waals surface area contributed by atoms with E-state index in [1.54, 1.807) is 12.1 Å². The highest BCUT2D eigenvalue weighted by Gasteiger charge is 2.41. The minimum atomic E-state index is -0.743. The van der Waals surface area contributed by atoms with Crippen molar-refractivity contribution in [2.24, 2.45) is 5.10 Å². The third kappa shape index (κ3) is 3.01. The van der Waals surface area contributed by atoms with E-state index in [4.69, 9.17) is 0 Å². The van der Waals surface area contributed by atoms with Crippen molar-refractivity contribution in [3.8, 4) is 0 Å². The minimum absolute atomic E-state index is 0.0379. The minimum Gasteiger partial charge on any atom is -0.295 e. The van der Waals surface area contributed by atoms with E-state index in [1.165, 1.54) is 30.7 Å². The van der Waals surface area contributed by atoms with Gasteiger partial charge in [-0.25, -0.2) is 5.01 Å². The van der Waals surface area contributed by atoms with Gasteiger partial charge in [-0.2, -0.15) is 0 Å². The van der Waals surface area contributed by atoms with Crippen molar-refractivity contribution in [2.45, 2.75) is 26.9 Å². The largest absolute Gasteiger partial charge is 0.295 e. The van der Waals surface area contributed by atoms with E-state index >= 15 is 0 Å². The lowest BCUT2D eigenvalue weighted by Crippen LogP contribution is -2.45. The number of amides is 3.